The van der Waals surface area contributed by atoms with Crippen molar-refractivity contribution in [2.75, 3.05) is 7.11 Å². The van der Waals surface area contributed by atoms with Gasteiger partial charge in [0.15, 0.2) is 6.04 Å². The number of fused-ring (bicyclic) bond motifs is 1. The van der Waals surface area contributed by atoms with Crippen molar-refractivity contribution in [1.29, 1.82) is 0 Å². The molecule has 1 atom stereocenters. The molecule has 6 heteroatoms. The monoisotopic (exact) mass is 377 g/mol. The molecule has 1 aliphatic heterocycles. The van der Waals surface area contributed by atoms with Crippen molar-refractivity contribution in [3.05, 3.63) is 69.4 Å². The molecule has 0 bridgehead atoms. The number of amides is 1. The lowest BCUT2D eigenvalue weighted by Crippen LogP contribution is -2.35. The summed E-state index contributed by atoms with van der Waals surface area (Å²) in [7, 11) is 1.25. The number of ether oxygens (including phenoxy) is 1. The maximum absolute atomic E-state index is 13.5. The van der Waals surface area contributed by atoms with E-state index in [-0.39, 0.29) is 12.5 Å². The summed E-state index contributed by atoms with van der Waals surface area (Å²) in [5, 5.41) is 0. The summed E-state index contributed by atoms with van der Waals surface area (Å²) in [6.07, 6.45) is 0. The first-order valence-electron chi connectivity index (χ1n) is 6.94. The lowest BCUT2D eigenvalue weighted by Gasteiger charge is -2.25. The number of halogens is 2. The number of carbonyl (C=O) groups is 2. The largest absolute Gasteiger partial charge is 0.467 e. The van der Waals surface area contributed by atoms with Gasteiger partial charge in [0.05, 0.1) is 7.11 Å². The van der Waals surface area contributed by atoms with Crippen LogP contribution in [0.5, 0.6) is 0 Å². The Morgan fingerprint density at radius 3 is 2.78 bits per heavy atom. The third kappa shape index (κ3) is 2.86. The van der Waals surface area contributed by atoms with E-state index in [0.29, 0.717) is 11.1 Å². The van der Waals surface area contributed by atoms with Crippen molar-refractivity contribution < 1.29 is 18.7 Å². The average Bonchev–Trinajstić information content (AvgIpc) is 2.84. The fourth-order valence-electron chi connectivity index (χ4n) is 2.74. The highest BCUT2D eigenvalue weighted by atomic mass is 79.9. The summed E-state index contributed by atoms with van der Waals surface area (Å²) in [6.45, 7) is 0.276. The van der Waals surface area contributed by atoms with Gasteiger partial charge in [0.25, 0.3) is 5.91 Å². The van der Waals surface area contributed by atoms with Crippen LogP contribution in [-0.4, -0.2) is 23.9 Å². The fourth-order valence-corrected chi connectivity index (χ4v) is 3.10. The Kier molecular flexibility index (Phi) is 4.17. The van der Waals surface area contributed by atoms with Gasteiger partial charge in [-0.25, -0.2) is 9.18 Å². The maximum Gasteiger partial charge on any atom is 0.333 e. The third-order valence-corrected chi connectivity index (χ3v) is 4.30. The molecule has 118 valence electrons. The van der Waals surface area contributed by atoms with Crippen LogP contribution in [0.3, 0.4) is 0 Å². The summed E-state index contributed by atoms with van der Waals surface area (Å²) >= 11 is 3.33. The molecular weight excluding hydrogens is 365 g/mol. The first-order chi connectivity index (χ1) is 11.0. The number of benzene rings is 2. The van der Waals surface area contributed by atoms with Gasteiger partial charge in [0.2, 0.25) is 0 Å². The number of esters is 1. The number of hydrogen-bond acceptors (Lipinski definition) is 3. The van der Waals surface area contributed by atoms with Crippen LogP contribution in [0.25, 0.3) is 0 Å². The van der Waals surface area contributed by atoms with Gasteiger partial charge in [-0.15, -0.1) is 0 Å². The lowest BCUT2D eigenvalue weighted by molar-refractivity contribution is -0.146. The first kappa shape index (κ1) is 15.7. The van der Waals surface area contributed by atoms with E-state index < -0.39 is 17.8 Å². The summed E-state index contributed by atoms with van der Waals surface area (Å²) in [4.78, 5) is 26.3. The van der Waals surface area contributed by atoms with Gasteiger partial charge in [-0.3, -0.25) is 4.79 Å². The van der Waals surface area contributed by atoms with Crippen LogP contribution in [0, 0.1) is 5.82 Å². The van der Waals surface area contributed by atoms with Gasteiger partial charge >= 0.3 is 5.97 Å². The van der Waals surface area contributed by atoms with Crippen molar-refractivity contribution in [3.8, 4) is 0 Å². The highest BCUT2D eigenvalue weighted by Crippen LogP contribution is 2.33. The average molecular weight is 378 g/mol. The zero-order chi connectivity index (χ0) is 16.6. The molecule has 0 aliphatic carbocycles. The Labute approximate surface area is 141 Å². The highest BCUT2D eigenvalue weighted by Gasteiger charge is 2.38. The Morgan fingerprint density at radius 2 is 2.09 bits per heavy atom. The van der Waals surface area contributed by atoms with E-state index in [1.807, 2.05) is 12.1 Å². The second-order valence-electron chi connectivity index (χ2n) is 5.22. The molecule has 0 saturated heterocycles. The molecule has 2 aromatic carbocycles. The Hall–Kier alpha value is -2.21. The summed E-state index contributed by atoms with van der Waals surface area (Å²) in [6, 6.07) is 10.1. The van der Waals surface area contributed by atoms with Gasteiger partial charge < -0.3 is 9.64 Å². The van der Waals surface area contributed by atoms with Crippen molar-refractivity contribution in [1.82, 2.24) is 4.90 Å². The van der Waals surface area contributed by atoms with E-state index in [9.17, 15) is 14.0 Å². The topological polar surface area (TPSA) is 46.6 Å². The molecule has 23 heavy (non-hydrogen) atoms. The standard InChI is InChI=1S/C17H13BrFNO3/c1-23-17(22)15(10-3-2-4-13(19)7-10)20-9-11-5-6-12(18)8-14(11)16(20)21/h2-8,15H,9H2,1H3. The predicted octanol–water partition coefficient (Wildman–Crippen LogP) is 3.46. The molecule has 2 aromatic rings. The summed E-state index contributed by atoms with van der Waals surface area (Å²) < 4.78 is 19.1. The molecule has 0 N–H and O–H groups in total. The van der Waals surface area contributed by atoms with Crippen molar-refractivity contribution in [3.63, 3.8) is 0 Å². The quantitative estimate of drug-likeness (QED) is 0.769. The number of rotatable bonds is 3. The second kappa shape index (κ2) is 6.12. The molecule has 0 spiro atoms. The van der Waals surface area contributed by atoms with Gasteiger partial charge in [0, 0.05) is 16.6 Å². The van der Waals surface area contributed by atoms with Crippen molar-refractivity contribution in [2.24, 2.45) is 0 Å². The van der Waals surface area contributed by atoms with E-state index in [4.69, 9.17) is 4.74 Å². The minimum absolute atomic E-state index is 0.276. The van der Waals surface area contributed by atoms with Crippen LogP contribution in [0.1, 0.15) is 27.5 Å². The van der Waals surface area contributed by atoms with E-state index >= 15 is 0 Å². The molecule has 1 amide bonds. The van der Waals surface area contributed by atoms with E-state index in [1.165, 1.54) is 30.2 Å². The number of carbonyl (C=O) groups excluding carboxylic acids is 2. The van der Waals surface area contributed by atoms with Gasteiger partial charge in [0.1, 0.15) is 5.82 Å². The molecule has 0 fully saturated rings. The Balaban J connectivity index is 2.03. The molecular formula is C17H13BrFNO3. The molecule has 1 heterocycles. The van der Waals surface area contributed by atoms with E-state index in [0.717, 1.165) is 10.0 Å². The molecule has 0 saturated carbocycles. The predicted molar refractivity (Wildman–Crippen MR) is 85.2 cm³/mol. The smallest absolute Gasteiger partial charge is 0.333 e. The van der Waals surface area contributed by atoms with Crippen molar-refractivity contribution >= 4 is 27.8 Å². The summed E-state index contributed by atoms with van der Waals surface area (Å²) in [5.74, 6) is -1.35. The fraction of sp³-hybridized carbons (Fsp3) is 0.176. The molecule has 3 rings (SSSR count). The van der Waals surface area contributed by atoms with Crippen molar-refractivity contribution in [2.45, 2.75) is 12.6 Å². The first-order valence-corrected chi connectivity index (χ1v) is 7.73. The summed E-state index contributed by atoms with van der Waals surface area (Å²) in [5.41, 5.74) is 1.74. The van der Waals surface area contributed by atoms with Crippen LogP contribution in [-0.2, 0) is 16.1 Å². The van der Waals surface area contributed by atoms with Gasteiger partial charge in [-0.05, 0) is 35.4 Å². The normalized spacial score (nSPS) is 14.6. The maximum atomic E-state index is 13.5. The number of nitrogens with zero attached hydrogens (tertiary/aromatic N) is 1. The van der Waals surface area contributed by atoms with Crippen LogP contribution < -0.4 is 0 Å². The molecule has 1 aliphatic rings. The lowest BCUT2D eigenvalue weighted by atomic mass is 10.1. The minimum atomic E-state index is -0.977. The Morgan fingerprint density at radius 1 is 1.30 bits per heavy atom. The van der Waals surface area contributed by atoms with Gasteiger partial charge in [-0.2, -0.15) is 0 Å². The second-order valence-corrected chi connectivity index (χ2v) is 6.13. The molecule has 4 nitrogen and oxygen atoms in total. The highest BCUT2D eigenvalue weighted by molar-refractivity contribution is 9.10. The van der Waals surface area contributed by atoms with Crippen LogP contribution in [0.15, 0.2) is 46.9 Å². The molecule has 0 radical (unpaired) electrons. The van der Waals surface area contributed by atoms with Crippen LogP contribution >= 0.6 is 15.9 Å². The zero-order valence-electron chi connectivity index (χ0n) is 12.3. The van der Waals surface area contributed by atoms with E-state index in [1.54, 1.807) is 12.1 Å². The van der Waals surface area contributed by atoms with Gasteiger partial charge in [-0.1, -0.05) is 34.1 Å². The number of methoxy groups -OCH3 is 1. The van der Waals surface area contributed by atoms with Crippen LogP contribution in [0.2, 0.25) is 0 Å². The molecule has 0 aromatic heterocycles. The SMILES string of the molecule is COC(=O)C(c1cccc(F)c1)N1Cc2ccc(Br)cc2C1=O. The Bertz CT molecular complexity index is 793. The van der Waals surface area contributed by atoms with E-state index in [2.05, 4.69) is 15.9 Å². The molecule has 1 unspecified atom stereocenters. The zero-order valence-corrected chi connectivity index (χ0v) is 13.8. The number of hydrogen-bond donors (Lipinski definition) is 0. The van der Waals surface area contributed by atoms with Crippen LogP contribution in [0.4, 0.5) is 4.39 Å². The minimum Gasteiger partial charge on any atom is -0.467 e. The third-order valence-electron chi connectivity index (χ3n) is 3.80.